The molecule has 0 radical (unpaired) electrons. The molecule has 0 fully saturated rings. The average molecular weight is 276 g/mol. The molecule has 0 bridgehead atoms. The van der Waals surface area contributed by atoms with Crippen LogP contribution >= 0.6 is 12.4 Å². The minimum Gasteiger partial charge on any atom is -0.361 e. The molecule has 0 aromatic carbocycles. The molecule has 0 aliphatic carbocycles. The van der Waals surface area contributed by atoms with Crippen LogP contribution in [0.2, 0.25) is 0 Å². The number of hydrogen-bond acceptors (Lipinski definition) is 4. The first-order chi connectivity index (χ1) is 7.99. The zero-order valence-electron chi connectivity index (χ0n) is 11.2. The van der Waals surface area contributed by atoms with E-state index in [-0.39, 0.29) is 30.3 Å². The van der Waals surface area contributed by atoms with Gasteiger partial charge in [0.05, 0.1) is 12.1 Å². The van der Waals surface area contributed by atoms with Gasteiger partial charge in [0.1, 0.15) is 5.76 Å². The molecule has 0 unspecified atom stereocenters. The van der Waals surface area contributed by atoms with Gasteiger partial charge >= 0.3 is 0 Å². The highest BCUT2D eigenvalue weighted by Crippen LogP contribution is 2.09. The Morgan fingerprint density at radius 1 is 1.50 bits per heavy atom. The predicted octanol–water partition coefficient (Wildman–Crippen LogP) is 1.58. The Labute approximate surface area is 114 Å². The molecule has 1 aromatic rings. The summed E-state index contributed by atoms with van der Waals surface area (Å²) in [5.74, 6) is 0.637. The van der Waals surface area contributed by atoms with Crippen LogP contribution in [0.1, 0.15) is 38.1 Å². The second-order valence-electron chi connectivity index (χ2n) is 4.45. The Morgan fingerprint density at radius 3 is 2.56 bits per heavy atom. The van der Waals surface area contributed by atoms with Crippen LogP contribution < -0.4 is 11.1 Å². The molecule has 1 aromatic heterocycles. The highest BCUT2D eigenvalue weighted by Gasteiger charge is 2.21. The van der Waals surface area contributed by atoms with Crippen molar-refractivity contribution < 1.29 is 9.32 Å². The molecule has 1 heterocycles. The first-order valence-corrected chi connectivity index (χ1v) is 5.97. The Balaban J connectivity index is 0.00000289. The number of hydrogen-bond donors (Lipinski definition) is 2. The normalized spacial score (nSPS) is 10.9. The number of nitrogens with two attached hydrogens (primary N) is 1. The fourth-order valence-corrected chi connectivity index (χ4v) is 1.50. The lowest BCUT2D eigenvalue weighted by Gasteiger charge is -2.26. The van der Waals surface area contributed by atoms with E-state index in [1.165, 1.54) is 0 Å². The molecule has 1 rings (SSSR count). The van der Waals surface area contributed by atoms with E-state index in [1.807, 2.05) is 13.8 Å². The Hall–Kier alpha value is -1.07. The van der Waals surface area contributed by atoms with E-state index in [9.17, 15) is 4.79 Å². The summed E-state index contributed by atoms with van der Waals surface area (Å²) < 4.78 is 4.90. The van der Waals surface area contributed by atoms with Crippen LogP contribution in [0.4, 0.5) is 0 Å². The second kappa shape index (κ2) is 7.38. The number of carbonyl (C=O) groups is 1. The maximum absolute atomic E-state index is 11.7. The third kappa shape index (κ3) is 5.06. The van der Waals surface area contributed by atoms with Crippen molar-refractivity contribution in [1.29, 1.82) is 0 Å². The van der Waals surface area contributed by atoms with Crippen LogP contribution in [0.25, 0.3) is 0 Å². The quantitative estimate of drug-likeness (QED) is 0.826. The molecule has 0 aliphatic heterocycles. The zero-order chi connectivity index (χ0) is 12.9. The van der Waals surface area contributed by atoms with Gasteiger partial charge in [0, 0.05) is 18.2 Å². The van der Waals surface area contributed by atoms with E-state index in [4.69, 9.17) is 10.3 Å². The summed E-state index contributed by atoms with van der Waals surface area (Å²) in [5, 5.41) is 6.61. The van der Waals surface area contributed by atoms with Gasteiger partial charge in [-0.25, -0.2) is 0 Å². The maximum atomic E-state index is 11.7. The molecular formula is C12H22ClN3O2. The van der Waals surface area contributed by atoms with E-state index in [1.54, 1.807) is 13.0 Å². The van der Waals surface area contributed by atoms with Crippen molar-refractivity contribution in [3.8, 4) is 0 Å². The number of rotatable bonds is 6. The van der Waals surface area contributed by atoms with Gasteiger partial charge in [-0.2, -0.15) is 0 Å². The summed E-state index contributed by atoms with van der Waals surface area (Å²) in [6, 6.07) is 1.76. The van der Waals surface area contributed by atoms with Crippen molar-refractivity contribution in [3.63, 3.8) is 0 Å². The maximum Gasteiger partial charge on any atom is 0.226 e. The summed E-state index contributed by atoms with van der Waals surface area (Å²) >= 11 is 0. The number of nitrogens with one attached hydrogen (secondary N) is 1. The second-order valence-corrected chi connectivity index (χ2v) is 4.45. The fraction of sp³-hybridized carbons (Fsp3) is 0.667. The number of aryl methyl sites for hydroxylation is 1. The van der Waals surface area contributed by atoms with E-state index in [2.05, 4.69) is 10.5 Å². The van der Waals surface area contributed by atoms with Gasteiger partial charge in [0.2, 0.25) is 5.91 Å². The predicted molar refractivity (Wildman–Crippen MR) is 72.7 cm³/mol. The number of nitrogens with zero attached hydrogens (tertiary/aromatic N) is 1. The number of carbonyl (C=O) groups excluding carboxylic acids is 1. The van der Waals surface area contributed by atoms with E-state index in [0.717, 1.165) is 12.8 Å². The summed E-state index contributed by atoms with van der Waals surface area (Å²) in [6.45, 7) is 6.34. The summed E-state index contributed by atoms with van der Waals surface area (Å²) in [6.07, 6.45) is 1.92. The average Bonchev–Trinajstić information content (AvgIpc) is 2.72. The molecule has 18 heavy (non-hydrogen) atoms. The van der Waals surface area contributed by atoms with Crippen LogP contribution in [-0.4, -0.2) is 23.1 Å². The molecule has 0 saturated carbocycles. The third-order valence-electron chi connectivity index (χ3n) is 3.06. The van der Waals surface area contributed by atoms with Gasteiger partial charge in [0.15, 0.2) is 0 Å². The molecular weight excluding hydrogens is 254 g/mol. The van der Waals surface area contributed by atoms with Gasteiger partial charge in [-0.05, 0) is 19.8 Å². The first kappa shape index (κ1) is 16.9. The van der Waals surface area contributed by atoms with Crippen LogP contribution in [0.5, 0.6) is 0 Å². The van der Waals surface area contributed by atoms with Crippen LogP contribution in [0.15, 0.2) is 10.6 Å². The zero-order valence-corrected chi connectivity index (χ0v) is 12.0. The van der Waals surface area contributed by atoms with E-state index < -0.39 is 0 Å². The van der Waals surface area contributed by atoms with Crippen molar-refractivity contribution in [3.05, 3.63) is 17.5 Å². The number of aromatic nitrogens is 1. The van der Waals surface area contributed by atoms with Crippen LogP contribution in [0, 0.1) is 6.92 Å². The van der Waals surface area contributed by atoms with Crippen molar-refractivity contribution in [2.45, 2.75) is 45.6 Å². The van der Waals surface area contributed by atoms with E-state index in [0.29, 0.717) is 18.0 Å². The Morgan fingerprint density at radius 2 is 2.11 bits per heavy atom. The van der Waals surface area contributed by atoms with Crippen molar-refractivity contribution >= 4 is 18.3 Å². The lowest BCUT2D eigenvalue weighted by Crippen LogP contribution is -2.49. The lowest BCUT2D eigenvalue weighted by atomic mass is 9.94. The minimum absolute atomic E-state index is 0. The highest BCUT2D eigenvalue weighted by molar-refractivity contribution is 5.85. The molecule has 0 spiro atoms. The van der Waals surface area contributed by atoms with Gasteiger partial charge in [-0.3, -0.25) is 4.79 Å². The third-order valence-corrected chi connectivity index (χ3v) is 3.06. The lowest BCUT2D eigenvalue weighted by molar-refractivity contribution is -0.120. The largest absolute Gasteiger partial charge is 0.361 e. The monoisotopic (exact) mass is 275 g/mol. The summed E-state index contributed by atoms with van der Waals surface area (Å²) in [4.78, 5) is 11.7. The minimum atomic E-state index is -0.310. The molecule has 104 valence electrons. The van der Waals surface area contributed by atoms with Gasteiger partial charge in [-0.1, -0.05) is 19.0 Å². The van der Waals surface area contributed by atoms with Gasteiger partial charge < -0.3 is 15.6 Å². The standard InChI is InChI=1S/C12H21N3O2.ClH/c1-4-12(13,5-2)8-14-11(16)7-10-6-9(3)17-15-10;/h6H,4-5,7-8,13H2,1-3H3,(H,14,16);1H. The fourth-order valence-electron chi connectivity index (χ4n) is 1.50. The van der Waals surface area contributed by atoms with E-state index >= 15 is 0 Å². The SMILES string of the molecule is CCC(N)(CC)CNC(=O)Cc1cc(C)on1.Cl. The number of amides is 1. The van der Waals surface area contributed by atoms with Gasteiger partial charge in [0.25, 0.3) is 0 Å². The van der Waals surface area contributed by atoms with Crippen LogP contribution in [-0.2, 0) is 11.2 Å². The molecule has 0 atom stereocenters. The molecule has 6 heteroatoms. The molecule has 5 nitrogen and oxygen atoms in total. The smallest absolute Gasteiger partial charge is 0.226 e. The molecule has 1 amide bonds. The Bertz CT molecular complexity index is 375. The highest BCUT2D eigenvalue weighted by atomic mass is 35.5. The molecule has 0 saturated heterocycles. The van der Waals surface area contributed by atoms with Gasteiger partial charge in [-0.15, -0.1) is 12.4 Å². The van der Waals surface area contributed by atoms with Crippen molar-refractivity contribution in [2.75, 3.05) is 6.54 Å². The Kier molecular flexibility index (Phi) is 6.94. The molecule has 0 aliphatic rings. The first-order valence-electron chi connectivity index (χ1n) is 5.97. The molecule has 3 N–H and O–H groups in total. The summed E-state index contributed by atoms with van der Waals surface area (Å²) in [7, 11) is 0. The summed E-state index contributed by atoms with van der Waals surface area (Å²) in [5.41, 5.74) is 6.43. The van der Waals surface area contributed by atoms with Crippen molar-refractivity contribution in [2.24, 2.45) is 5.73 Å². The van der Waals surface area contributed by atoms with Crippen LogP contribution in [0.3, 0.4) is 0 Å². The topological polar surface area (TPSA) is 81.1 Å². The van der Waals surface area contributed by atoms with Crippen molar-refractivity contribution in [1.82, 2.24) is 10.5 Å². The number of halogens is 1.